The highest BCUT2D eigenvalue weighted by Crippen LogP contribution is 2.21. The van der Waals surface area contributed by atoms with Gasteiger partial charge < -0.3 is 10.4 Å². The van der Waals surface area contributed by atoms with Gasteiger partial charge in [0.15, 0.2) is 11.6 Å². The fraction of sp³-hybridized carbons (Fsp3) is 0.143. The Balaban J connectivity index is 2.08. The van der Waals surface area contributed by atoms with Crippen molar-refractivity contribution in [2.45, 2.75) is 6.10 Å². The Kier molecular flexibility index (Phi) is 4.24. The Morgan fingerprint density at radius 3 is 2.45 bits per heavy atom. The van der Waals surface area contributed by atoms with E-state index in [-0.39, 0.29) is 17.8 Å². The average Bonchev–Trinajstić information content (AvgIpc) is 2.40. The first-order valence-corrected chi connectivity index (χ1v) is 5.80. The van der Waals surface area contributed by atoms with Gasteiger partial charge in [-0.1, -0.05) is 12.1 Å². The highest BCUT2D eigenvalue weighted by atomic mass is 19.2. The number of aliphatic hydroxyl groups is 1. The molecule has 1 unspecified atom stereocenters. The maximum atomic E-state index is 13.4. The lowest BCUT2D eigenvalue weighted by Crippen LogP contribution is -2.14. The number of aliphatic hydroxyl groups excluding tert-OH is 1. The molecule has 2 N–H and O–H groups in total. The van der Waals surface area contributed by atoms with E-state index in [9.17, 15) is 22.7 Å². The third kappa shape index (κ3) is 3.08. The van der Waals surface area contributed by atoms with Crippen molar-refractivity contribution in [2.24, 2.45) is 0 Å². The maximum Gasteiger partial charge on any atom is 0.181 e. The molecule has 106 valence electrons. The minimum atomic E-state index is -1.32. The zero-order chi connectivity index (χ0) is 14.7. The molecule has 0 aromatic heterocycles. The molecule has 0 aliphatic heterocycles. The van der Waals surface area contributed by atoms with E-state index >= 15 is 0 Å². The van der Waals surface area contributed by atoms with Gasteiger partial charge >= 0.3 is 0 Å². The second-order valence-corrected chi connectivity index (χ2v) is 4.16. The molecule has 2 aromatic carbocycles. The van der Waals surface area contributed by atoms with Crippen LogP contribution in [0.15, 0.2) is 36.4 Å². The summed E-state index contributed by atoms with van der Waals surface area (Å²) in [6.07, 6.45) is -1.32. The molecular weight excluding hydrogens is 274 g/mol. The summed E-state index contributed by atoms with van der Waals surface area (Å²) >= 11 is 0. The van der Waals surface area contributed by atoms with Crippen molar-refractivity contribution in [3.8, 4) is 0 Å². The van der Waals surface area contributed by atoms with Crippen LogP contribution in [0.4, 0.5) is 23.2 Å². The molecule has 0 saturated carbocycles. The van der Waals surface area contributed by atoms with Crippen molar-refractivity contribution in [3.05, 3.63) is 65.2 Å². The Morgan fingerprint density at radius 1 is 1.00 bits per heavy atom. The number of rotatable bonds is 4. The molecule has 2 aromatic rings. The summed E-state index contributed by atoms with van der Waals surface area (Å²) in [4.78, 5) is 0. The first kappa shape index (κ1) is 14.3. The van der Waals surface area contributed by atoms with Crippen molar-refractivity contribution in [1.29, 1.82) is 0 Å². The van der Waals surface area contributed by atoms with Gasteiger partial charge in [-0.05, 0) is 18.2 Å². The minimum Gasteiger partial charge on any atom is -0.386 e. The summed E-state index contributed by atoms with van der Waals surface area (Å²) in [5.74, 6) is -3.78. The molecular formula is C14H11F4NO. The predicted octanol–water partition coefficient (Wildman–Crippen LogP) is 3.39. The maximum absolute atomic E-state index is 13.4. The standard InChI is InChI=1S/C14H11F4NO/c15-8-4-5-9(11(17)6-8)13(20)7-19-12-3-1-2-10(16)14(12)18/h1-6,13,19-20H,7H2. The van der Waals surface area contributed by atoms with Crippen molar-refractivity contribution in [2.75, 3.05) is 11.9 Å². The van der Waals surface area contributed by atoms with Crippen LogP contribution >= 0.6 is 0 Å². The third-order valence-electron chi connectivity index (χ3n) is 2.76. The van der Waals surface area contributed by atoms with Gasteiger partial charge in [0, 0.05) is 18.2 Å². The van der Waals surface area contributed by atoms with Crippen LogP contribution in [0.1, 0.15) is 11.7 Å². The van der Waals surface area contributed by atoms with E-state index in [0.29, 0.717) is 6.07 Å². The summed E-state index contributed by atoms with van der Waals surface area (Å²) in [7, 11) is 0. The average molecular weight is 285 g/mol. The Labute approximate surface area is 112 Å². The molecule has 0 saturated heterocycles. The Hall–Kier alpha value is -2.08. The smallest absolute Gasteiger partial charge is 0.181 e. The molecule has 0 aliphatic rings. The molecule has 1 atom stereocenters. The molecule has 0 spiro atoms. The molecule has 0 radical (unpaired) electrons. The van der Waals surface area contributed by atoms with E-state index in [0.717, 1.165) is 18.2 Å². The van der Waals surface area contributed by atoms with Crippen LogP contribution in [0.5, 0.6) is 0 Å². The zero-order valence-corrected chi connectivity index (χ0v) is 10.2. The highest BCUT2D eigenvalue weighted by Gasteiger charge is 2.15. The van der Waals surface area contributed by atoms with Crippen LogP contribution < -0.4 is 5.32 Å². The van der Waals surface area contributed by atoms with E-state index in [1.165, 1.54) is 12.1 Å². The molecule has 2 rings (SSSR count). The van der Waals surface area contributed by atoms with E-state index < -0.39 is 29.4 Å². The Morgan fingerprint density at radius 2 is 1.75 bits per heavy atom. The first-order valence-electron chi connectivity index (χ1n) is 5.80. The van der Waals surface area contributed by atoms with Gasteiger partial charge in [-0.3, -0.25) is 0 Å². The summed E-state index contributed by atoms with van der Waals surface area (Å²) in [6.45, 7) is -0.247. The van der Waals surface area contributed by atoms with Crippen LogP contribution in [-0.2, 0) is 0 Å². The van der Waals surface area contributed by atoms with Crippen LogP contribution in [0.2, 0.25) is 0 Å². The Bertz CT molecular complexity index is 618. The molecule has 0 fully saturated rings. The van der Waals surface area contributed by atoms with Crippen LogP contribution in [0, 0.1) is 23.3 Å². The fourth-order valence-electron chi connectivity index (χ4n) is 1.73. The van der Waals surface area contributed by atoms with Gasteiger partial charge in [-0.15, -0.1) is 0 Å². The molecule has 6 heteroatoms. The van der Waals surface area contributed by atoms with Gasteiger partial charge in [-0.2, -0.15) is 0 Å². The number of anilines is 1. The van der Waals surface area contributed by atoms with Gasteiger partial charge in [0.05, 0.1) is 11.8 Å². The van der Waals surface area contributed by atoms with E-state index in [1.807, 2.05) is 0 Å². The largest absolute Gasteiger partial charge is 0.386 e. The number of hydrogen-bond donors (Lipinski definition) is 2. The lowest BCUT2D eigenvalue weighted by atomic mass is 10.1. The summed E-state index contributed by atoms with van der Waals surface area (Å²) < 4.78 is 52.4. The number of hydrogen-bond acceptors (Lipinski definition) is 2. The summed E-state index contributed by atoms with van der Waals surface area (Å²) in [5.41, 5.74) is -0.276. The fourth-order valence-corrected chi connectivity index (χ4v) is 1.73. The van der Waals surface area contributed by atoms with Crippen molar-refractivity contribution in [1.82, 2.24) is 0 Å². The monoisotopic (exact) mass is 285 g/mol. The quantitative estimate of drug-likeness (QED) is 0.844. The molecule has 0 heterocycles. The minimum absolute atomic E-state index is 0.129. The van der Waals surface area contributed by atoms with Crippen molar-refractivity contribution in [3.63, 3.8) is 0 Å². The zero-order valence-electron chi connectivity index (χ0n) is 10.2. The van der Waals surface area contributed by atoms with Crippen LogP contribution in [-0.4, -0.2) is 11.7 Å². The summed E-state index contributed by atoms with van der Waals surface area (Å²) in [6, 6.07) is 6.28. The molecule has 2 nitrogen and oxygen atoms in total. The van der Waals surface area contributed by atoms with Gasteiger partial charge in [0.2, 0.25) is 0 Å². The molecule has 20 heavy (non-hydrogen) atoms. The molecule has 0 aliphatic carbocycles. The van der Waals surface area contributed by atoms with E-state index in [4.69, 9.17) is 0 Å². The second kappa shape index (κ2) is 5.92. The van der Waals surface area contributed by atoms with E-state index in [2.05, 4.69) is 5.32 Å². The van der Waals surface area contributed by atoms with Crippen LogP contribution in [0.25, 0.3) is 0 Å². The van der Waals surface area contributed by atoms with Crippen molar-refractivity contribution >= 4 is 5.69 Å². The lowest BCUT2D eigenvalue weighted by Gasteiger charge is -2.14. The predicted molar refractivity (Wildman–Crippen MR) is 66.2 cm³/mol. The molecule has 0 amide bonds. The van der Waals surface area contributed by atoms with Gasteiger partial charge in [-0.25, -0.2) is 17.6 Å². The molecule has 0 bridgehead atoms. The number of benzene rings is 2. The number of halogens is 4. The summed E-state index contributed by atoms with van der Waals surface area (Å²) in [5, 5.41) is 12.2. The highest BCUT2D eigenvalue weighted by molar-refractivity contribution is 5.45. The normalized spacial score (nSPS) is 12.2. The topological polar surface area (TPSA) is 32.3 Å². The van der Waals surface area contributed by atoms with E-state index in [1.54, 1.807) is 0 Å². The lowest BCUT2D eigenvalue weighted by molar-refractivity contribution is 0.186. The third-order valence-corrected chi connectivity index (χ3v) is 2.76. The first-order chi connectivity index (χ1) is 9.49. The number of nitrogens with one attached hydrogen (secondary N) is 1. The van der Waals surface area contributed by atoms with Gasteiger partial charge in [0.1, 0.15) is 11.6 Å². The van der Waals surface area contributed by atoms with Crippen molar-refractivity contribution < 1.29 is 22.7 Å². The second-order valence-electron chi connectivity index (χ2n) is 4.16. The SMILES string of the molecule is OC(CNc1cccc(F)c1F)c1ccc(F)cc1F. The van der Waals surface area contributed by atoms with Crippen LogP contribution in [0.3, 0.4) is 0 Å². The van der Waals surface area contributed by atoms with Gasteiger partial charge in [0.25, 0.3) is 0 Å².